The summed E-state index contributed by atoms with van der Waals surface area (Å²) in [5.41, 5.74) is 0.0254. The Labute approximate surface area is 110 Å². The second-order valence-electron chi connectivity index (χ2n) is 6.42. The van der Waals surface area contributed by atoms with Crippen LogP contribution >= 0.6 is 0 Å². The molecule has 102 valence electrons. The van der Waals surface area contributed by atoms with Crippen molar-refractivity contribution in [3.05, 3.63) is 0 Å². The lowest BCUT2D eigenvalue weighted by Crippen LogP contribution is -2.45. The third kappa shape index (κ3) is 2.18. The van der Waals surface area contributed by atoms with E-state index in [0.29, 0.717) is 11.9 Å². The molecule has 2 heterocycles. The molecule has 3 rings (SSSR count). The highest BCUT2D eigenvalue weighted by molar-refractivity contribution is 5.85. The standard InChI is InChI=1S/C15H26N2O/c18-14-15(7-10-16-11-8-15)9-12-17(14)13-5-3-1-2-4-6-13/h13,16H,1-12H2. The monoisotopic (exact) mass is 250 g/mol. The predicted octanol–water partition coefficient (Wildman–Crippen LogP) is 2.31. The molecule has 1 saturated carbocycles. The summed E-state index contributed by atoms with van der Waals surface area (Å²) in [6, 6.07) is 0.564. The van der Waals surface area contributed by atoms with Gasteiger partial charge < -0.3 is 10.2 Å². The smallest absolute Gasteiger partial charge is 0.229 e. The van der Waals surface area contributed by atoms with Crippen molar-refractivity contribution in [1.82, 2.24) is 10.2 Å². The third-order valence-electron chi connectivity index (χ3n) is 5.37. The zero-order chi connectivity index (χ0) is 12.4. The highest BCUT2D eigenvalue weighted by atomic mass is 16.2. The van der Waals surface area contributed by atoms with Gasteiger partial charge in [-0.3, -0.25) is 4.79 Å². The second-order valence-corrected chi connectivity index (χ2v) is 6.42. The van der Waals surface area contributed by atoms with Gasteiger partial charge in [-0.2, -0.15) is 0 Å². The molecule has 0 atom stereocenters. The maximum atomic E-state index is 12.8. The van der Waals surface area contributed by atoms with E-state index < -0.39 is 0 Å². The molecular weight excluding hydrogens is 224 g/mol. The Morgan fingerprint density at radius 2 is 1.67 bits per heavy atom. The summed E-state index contributed by atoms with van der Waals surface area (Å²) in [5, 5.41) is 3.39. The molecule has 0 aromatic rings. The molecular formula is C15H26N2O. The number of amides is 1. The topological polar surface area (TPSA) is 32.3 Å². The number of nitrogens with zero attached hydrogens (tertiary/aromatic N) is 1. The van der Waals surface area contributed by atoms with Crippen LogP contribution in [0.5, 0.6) is 0 Å². The van der Waals surface area contributed by atoms with Crippen LogP contribution in [0.15, 0.2) is 0 Å². The highest BCUT2D eigenvalue weighted by Gasteiger charge is 2.48. The van der Waals surface area contributed by atoms with E-state index >= 15 is 0 Å². The molecule has 0 aromatic heterocycles. The van der Waals surface area contributed by atoms with Gasteiger partial charge >= 0.3 is 0 Å². The summed E-state index contributed by atoms with van der Waals surface area (Å²) in [6.07, 6.45) is 11.1. The SMILES string of the molecule is O=C1N(C2CCCCCC2)CCC12CCNCC2. The quantitative estimate of drug-likeness (QED) is 0.724. The summed E-state index contributed by atoms with van der Waals surface area (Å²) in [4.78, 5) is 15.1. The molecule has 18 heavy (non-hydrogen) atoms. The number of nitrogens with one attached hydrogen (secondary N) is 1. The highest BCUT2D eigenvalue weighted by Crippen LogP contribution is 2.41. The first-order valence-electron chi connectivity index (χ1n) is 7.84. The van der Waals surface area contributed by atoms with Gasteiger partial charge in [0.15, 0.2) is 0 Å². The fourth-order valence-corrected chi connectivity index (χ4v) is 4.13. The van der Waals surface area contributed by atoms with Gasteiger partial charge in [0.1, 0.15) is 0 Å². The molecule has 1 aliphatic carbocycles. The van der Waals surface area contributed by atoms with Crippen LogP contribution in [0.2, 0.25) is 0 Å². The predicted molar refractivity (Wildman–Crippen MR) is 72.4 cm³/mol. The van der Waals surface area contributed by atoms with E-state index in [-0.39, 0.29) is 5.41 Å². The first kappa shape index (κ1) is 12.5. The van der Waals surface area contributed by atoms with Crippen molar-refractivity contribution < 1.29 is 4.79 Å². The molecule has 0 aromatic carbocycles. The van der Waals surface area contributed by atoms with Crippen LogP contribution in [-0.2, 0) is 4.79 Å². The number of likely N-dealkylation sites (tertiary alicyclic amines) is 1. The summed E-state index contributed by atoms with van der Waals surface area (Å²) in [5.74, 6) is 0.496. The van der Waals surface area contributed by atoms with Crippen molar-refractivity contribution in [2.75, 3.05) is 19.6 Å². The molecule has 2 saturated heterocycles. The molecule has 0 unspecified atom stereocenters. The van der Waals surface area contributed by atoms with Crippen molar-refractivity contribution in [1.29, 1.82) is 0 Å². The second kappa shape index (κ2) is 5.20. The largest absolute Gasteiger partial charge is 0.339 e. The molecule has 2 aliphatic heterocycles. The van der Waals surface area contributed by atoms with Crippen molar-refractivity contribution in [3.63, 3.8) is 0 Å². The van der Waals surface area contributed by atoms with E-state index in [0.717, 1.165) is 38.9 Å². The molecule has 0 radical (unpaired) electrons. The lowest BCUT2D eigenvalue weighted by Gasteiger charge is -2.34. The van der Waals surface area contributed by atoms with Crippen LogP contribution in [0, 0.1) is 5.41 Å². The molecule has 1 spiro atoms. The average Bonchev–Trinajstić information content (AvgIpc) is 2.63. The number of rotatable bonds is 1. The Morgan fingerprint density at radius 3 is 2.33 bits per heavy atom. The molecule has 3 nitrogen and oxygen atoms in total. The Balaban J connectivity index is 1.69. The van der Waals surface area contributed by atoms with Crippen LogP contribution in [0.3, 0.4) is 0 Å². The fraction of sp³-hybridized carbons (Fsp3) is 0.933. The van der Waals surface area contributed by atoms with Gasteiger partial charge in [0.05, 0.1) is 5.41 Å². The van der Waals surface area contributed by atoms with Crippen LogP contribution in [0.25, 0.3) is 0 Å². The van der Waals surface area contributed by atoms with Gasteiger partial charge in [-0.05, 0) is 45.2 Å². The maximum Gasteiger partial charge on any atom is 0.229 e. The van der Waals surface area contributed by atoms with E-state index in [1.54, 1.807) is 0 Å². The molecule has 1 amide bonds. The van der Waals surface area contributed by atoms with E-state index in [1.165, 1.54) is 38.5 Å². The molecule has 3 fully saturated rings. The number of piperidine rings is 1. The fourth-order valence-electron chi connectivity index (χ4n) is 4.13. The van der Waals surface area contributed by atoms with Gasteiger partial charge in [-0.1, -0.05) is 25.7 Å². The normalized spacial score (nSPS) is 29.8. The summed E-state index contributed by atoms with van der Waals surface area (Å²) < 4.78 is 0. The van der Waals surface area contributed by atoms with Gasteiger partial charge in [0.25, 0.3) is 0 Å². The van der Waals surface area contributed by atoms with Crippen molar-refractivity contribution >= 4 is 5.91 Å². The minimum atomic E-state index is 0.0254. The third-order valence-corrected chi connectivity index (χ3v) is 5.37. The van der Waals surface area contributed by atoms with Gasteiger partial charge in [-0.15, -0.1) is 0 Å². The van der Waals surface area contributed by atoms with Gasteiger partial charge in [0.2, 0.25) is 5.91 Å². The average molecular weight is 250 g/mol. The molecule has 3 heteroatoms. The Hall–Kier alpha value is -0.570. The molecule has 0 bridgehead atoms. The van der Waals surface area contributed by atoms with Gasteiger partial charge in [0, 0.05) is 12.6 Å². The van der Waals surface area contributed by atoms with E-state index in [1.807, 2.05) is 0 Å². The Kier molecular flexibility index (Phi) is 3.60. The van der Waals surface area contributed by atoms with Gasteiger partial charge in [-0.25, -0.2) is 0 Å². The van der Waals surface area contributed by atoms with Crippen molar-refractivity contribution in [2.24, 2.45) is 5.41 Å². The molecule has 1 N–H and O–H groups in total. The zero-order valence-electron chi connectivity index (χ0n) is 11.4. The number of carbonyl (C=O) groups excluding carboxylic acids is 1. The van der Waals surface area contributed by atoms with E-state index in [2.05, 4.69) is 10.2 Å². The Morgan fingerprint density at radius 1 is 1.00 bits per heavy atom. The van der Waals surface area contributed by atoms with Crippen LogP contribution in [0.4, 0.5) is 0 Å². The number of carbonyl (C=O) groups is 1. The zero-order valence-corrected chi connectivity index (χ0v) is 11.4. The summed E-state index contributed by atoms with van der Waals surface area (Å²) in [6.45, 7) is 3.10. The first-order chi connectivity index (χ1) is 8.82. The minimum Gasteiger partial charge on any atom is -0.339 e. The lowest BCUT2D eigenvalue weighted by atomic mass is 9.77. The summed E-state index contributed by atoms with van der Waals surface area (Å²) >= 11 is 0. The summed E-state index contributed by atoms with van der Waals surface area (Å²) in [7, 11) is 0. The Bertz CT molecular complexity index is 302. The lowest BCUT2D eigenvalue weighted by molar-refractivity contribution is -0.139. The van der Waals surface area contributed by atoms with Crippen LogP contribution in [-0.4, -0.2) is 36.5 Å². The van der Waals surface area contributed by atoms with E-state index in [4.69, 9.17) is 0 Å². The van der Waals surface area contributed by atoms with Crippen molar-refractivity contribution in [2.45, 2.75) is 63.8 Å². The van der Waals surface area contributed by atoms with Crippen LogP contribution < -0.4 is 5.32 Å². The number of hydrogen-bond donors (Lipinski definition) is 1. The number of hydrogen-bond acceptors (Lipinski definition) is 2. The first-order valence-corrected chi connectivity index (χ1v) is 7.84. The van der Waals surface area contributed by atoms with Crippen LogP contribution in [0.1, 0.15) is 57.8 Å². The van der Waals surface area contributed by atoms with Crippen molar-refractivity contribution in [3.8, 4) is 0 Å². The maximum absolute atomic E-state index is 12.8. The molecule has 3 aliphatic rings. The van der Waals surface area contributed by atoms with E-state index in [9.17, 15) is 4.79 Å². The minimum absolute atomic E-state index is 0.0254.